The lowest BCUT2D eigenvalue weighted by Crippen LogP contribution is -2.34. The van der Waals surface area contributed by atoms with Gasteiger partial charge in [0.15, 0.2) is 0 Å². The zero-order chi connectivity index (χ0) is 11.5. The van der Waals surface area contributed by atoms with Gasteiger partial charge in [-0.05, 0) is 37.3 Å². The standard InChI is InChI=1S/C12H23NO2/c1-12(2,3)8-13-7-9-5-4-6-10(9)11(14)15/h9-10,13H,4-8H2,1-3H3,(H,14,15). The molecule has 1 fully saturated rings. The van der Waals surface area contributed by atoms with Crippen LogP contribution >= 0.6 is 0 Å². The number of carbonyl (C=O) groups is 1. The Morgan fingerprint density at radius 1 is 1.40 bits per heavy atom. The Morgan fingerprint density at radius 3 is 2.60 bits per heavy atom. The summed E-state index contributed by atoms with van der Waals surface area (Å²) in [5, 5.41) is 12.4. The van der Waals surface area contributed by atoms with Gasteiger partial charge in [-0.15, -0.1) is 0 Å². The normalized spacial score (nSPS) is 26.9. The molecule has 2 N–H and O–H groups in total. The molecule has 0 radical (unpaired) electrons. The molecule has 1 aliphatic rings. The zero-order valence-corrected chi connectivity index (χ0v) is 10.0. The minimum Gasteiger partial charge on any atom is -0.481 e. The molecule has 0 spiro atoms. The Morgan fingerprint density at radius 2 is 2.07 bits per heavy atom. The van der Waals surface area contributed by atoms with Crippen LogP contribution in [0.3, 0.4) is 0 Å². The van der Waals surface area contributed by atoms with E-state index in [4.69, 9.17) is 5.11 Å². The van der Waals surface area contributed by atoms with Crippen molar-refractivity contribution in [1.29, 1.82) is 0 Å². The zero-order valence-electron chi connectivity index (χ0n) is 10.0. The number of nitrogens with one attached hydrogen (secondary N) is 1. The van der Waals surface area contributed by atoms with Gasteiger partial charge < -0.3 is 10.4 Å². The van der Waals surface area contributed by atoms with Crippen LogP contribution in [0.2, 0.25) is 0 Å². The van der Waals surface area contributed by atoms with E-state index in [2.05, 4.69) is 26.1 Å². The second kappa shape index (κ2) is 4.97. The van der Waals surface area contributed by atoms with Crippen LogP contribution in [0.1, 0.15) is 40.0 Å². The van der Waals surface area contributed by atoms with Crippen LogP contribution in [0.25, 0.3) is 0 Å². The van der Waals surface area contributed by atoms with Gasteiger partial charge in [0.05, 0.1) is 5.92 Å². The third-order valence-corrected chi connectivity index (χ3v) is 3.04. The molecule has 0 amide bonds. The number of aliphatic carboxylic acids is 1. The summed E-state index contributed by atoms with van der Waals surface area (Å²) in [6, 6.07) is 0. The number of hydrogen-bond acceptors (Lipinski definition) is 2. The van der Waals surface area contributed by atoms with E-state index in [0.717, 1.165) is 32.4 Å². The molecule has 15 heavy (non-hydrogen) atoms. The van der Waals surface area contributed by atoms with Gasteiger partial charge in [-0.1, -0.05) is 27.2 Å². The number of rotatable bonds is 4. The lowest BCUT2D eigenvalue weighted by Gasteiger charge is -2.22. The first-order valence-electron chi connectivity index (χ1n) is 5.84. The fourth-order valence-electron chi connectivity index (χ4n) is 2.24. The smallest absolute Gasteiger partial charge is 0.306 e. The van der Waals surface area contributed by atoms with Gasteiger partial charge in [0.2, 0.25) is 0 Å². The Labute approximate surface area is 92.3 Å². The van der Waals surface area contributed by atoms with Crippen molar-refractivity contribution in [1.82, 2.24) is 5.32 Å². The summed E-state index contributed by atoms with van der Waals surface area (Å²) in [6.07, 6.45) is 2.99. The first-order chi connectivity index (χ1) is 6.90. The van der Waals surface area contributed by atoms with Crippen LogP contribution in [-0.4, -0.2) is 24.2 Å². The van der Waals surface area contributed by atoms with Crippen molar-refractivity contribution < 1.29 is 9.90 Å². The van der Waals surface area contributed by atoms with Crippen LogP contribution < -0.4 is 5.32 Å². The molecule has 1 saturated carbocycles. The van der Waals surface area contributed by atoms with Crippen molar-refractivity contribution in [2.24, 2.45) is 17.3 Å². The molecule has 2 atom stereocenters. The Balaban J connectivity index is 2.29. The topological polar surface area (TPSA) is 49.3 Å². The first-order valence-corrected chi connectivity index (χ1v) is 5.84. The fraction of sp³-hybridized carbons (Fsp3) is 0.917. The fourth-order valence-corrected chi connectivity index (χ4v) is 2.24. The minimum absolute atomic E-state index is 0.113. The van der Waals surface area contributed by atoms with E-state index in [1.54, 1.807) is 0 Å². The summed E-state index contributed by atoms with van der Waals surface area (Å²) < 4.78 is 0. The van der Waals surface area contributed by atoms with Crippen molar-refractivity contribution in [3.8, 4) is 0 Å². The average molecular weight is 213 g/mol. The maximum atomic E-state index is 10.9. The summed E-state index contributed by atoms with van der Waals surface area (Å²) >= 11 is 0. The van der Waals surface area contributed by atoms with E-state index in [-0.39, 0.29) is 11.3 Å². The second-order valence-corrected chi connectivity index (χ2v) is 5.83. The predicted octanol–water partition coefficient (Wildman–Crippen LogP) is 2.12. The Bertz CT molecular complexity index is 220. The summed E-state index contributed by atoms with van der Waals surface area (Å²) in [5.74, 6) is -0.391. The lowest BCUT2D eigenvalue weighted by molar-refractivity contribution is -0.142. The third-order valence-electron chi connectivity index (χ3n) is 3.04. The van der Waals surface area contributed by atoms with Gasteiger partial charge in [0.25, 0.3) is 0 Å². The predicted molar refractivity (Wildman–Crippen MR) is 60.8 cm³/mol. The molecule has 0 saturated heterocycles. The molecule has 0 aromatic carbocycles. The van der Waals surface area contributed by atoms with Crippen molar-refractivity contribution in [3.63, 3.8) is 0 Å². The molecular weight excluding hydrogens is 190 g/mol. The van der Waals surface area contributed by atoms with Gasteiger partial charge in [0.1, 0.15) is 0 Å². The van der Waals surface area contributed by atoms with E-state index in [1.165, 1.54) is 0 Å². The van der Waals surface area contributed by atoms with Gasteiger partial charge in [-0.25, -0.2) is 0 Å². The second-order valence-electron chi connectivity index (χ2n) is 5.83. The highest BCUT2D eigenvalue weighted by molar-refractivity contribution is 5.70. The summed E-state index contributed by atoms with van der Waals surface area (Å²) in [5.41, 5.74) is 0.275. The molecule has 0 bridgehead atoms. The number of hydrogen-bond donors (Lipinski definition) is 2. The molecule has 3 nitrogen and oxygen atoms in total. The molecule has 88 valence electrons. The molecule has 0 aliphatic heterocycles. The summed E-state index contributed by atoms with van der Waals surface area (Å²) in [4.78, 5) is 10.9. The van der Waals surface area contributed by atoms with E-state index >= 15 is 0 Å². The quantitative estimate of drug-likeness (QED) is 0.752. The number of carboxylic acid groups (broad SMARTS) is 1. The van der Waals surface area contributed by atoms with E-state index in [1.807, 2.05) is 0 Å². The highest BCUT2D eigenvalue weighted by Gasteiger charge is 2.32. The van der Waals surface area contributed by atoms with Crippen molar-refractivity contribution in [2.45, 2.75) is 40.0 Å². The van der Waals surface area contributed by atoms with Gasteiger partial charge in [0, 0.05) is 0 Å². The van der Waals surface area contributed by atoms with Gasteiger partial charge >= 0.3 is 5.97 Å². The van der Waals surface area contributed by atoms with Crippen molar-refractivity contribution >= 4 is 5.97 Å². The lowest BCUT2D eigenvalue weighted by atomic mass is 9.94. The maximum Gasteiger partial charge on any atom is 0.306 e. The molecule has 0 heterocycles. The van der Waals surface area contributed by atoms with Crippen LogP contribution in [0, 0.1) is 17.3 Å². The third kappa shape index (κ3) is 4.20. The van der Waals surface area contributed by atoms with Crippen LogP contribution in [0.5, 0.6) is 0 Å². The van der Waals surface area contributed by atoms with Gasteiger partial charge in [-0.3, -0.25) is 4.79 Å². The minimum atomic E-state index is -0.616. The summed E-state index contributed by atoms with van der Waals surface area (Å²) in [6.45, 7) is 8.36. The monoisotopic (exact) mass is 213 g/mol. The average Bonchev–Trinajstić information content (AvgIpc) is 2.49. The van der Waals surface area contributed by atoms with E-state index in [9.17, 15) is 4.79 Å². The molecule has 1 aliphatic carbocycles. The molecule has 0 aromatic heterocycles. The van der Waals surface area contributed by atoms with E-state index in [0.29, 0.717) is 5.92 Å². The van der Waals surface area contributed by atoms with Gasteiger partial charge in [-0.2, -0.15) is 0 Å². The molecule has 0 aromatic rings. The maximum absolute atomic E-state index is 10.9. The molecular formula is C12H23NO2. The van der Waals surface area contributed by atoms with E-state index < -0.39 is 5.97 Å². The molecule has 2 unspecified atom stereocenters. The van der Waals surface area contributed by atoms with Crippen molar-refractivity contribution in [3.05, 3.63) is 0 Å². The van der Waals surface area contributed by atoms with Crippen LogP contribution in [-0.2, 0) is 4.79 Å². The highest BCUT2D eigenvalue weighted by atomic mass is 16.4. The van der Waals surface area contributed by atoms with Crippen LogP contribution in [0.4, 0.5) is 0 Å². The highest BCUT2D eigenvalue weighted by Crippen LogP contribution is 2.31. The van der Waals surface area contributed by atoms with Crippen molar-refractivity contribution in [2.75, 3.05) is 13.1 Å². The SMILES string of the molecule is CC(C)(C)CNCC1CCCC1C(=O)O. The largest absolute Gasteiger partial charge is 0.481 e. The number of carboxylic acids is 1. The molecule has 3 heteroatoms. The molecule has 1 rings (SSSR count). The van der Waals surface area contributed by atoms with Crippen LogP contribution in [0.15, 0.2) is 0 Å². The summed E-state index contributed by atoms with van der Waals surface area (Å²) in [7, 11) is 0. The Kier molecular flexibility index (Phi) is 4.14. The Hall–Kier alpha value is -0.570. The first kappa shape index (κ1) is 12.5.